The van der Waals surface area contributed by atoms with Crippen LogP contribution in [0, 0.1) is 5.92 Å². The Morgan fingerprint density at radius 3 is 2.62 bits per heavy atom. The number of hydrogen-bond donors (Lipinski definition) is 2. The fraction of sp³-hybridized carbons (Fsp3) is 1.00. The van der Waals surface area contributed by atoms with Crippen LogP contribution in [0.15, 0.2) is 0 Å². The van der Waals surface area contributed by atoms with E-state index in [4.69, 9.17) is 5.11 Å². The Balaban J connectivity index is 2.20. The van der Waals surface area contributed by atoms with E-state index in [1.54, 1.807) is 0 Å². The van der Waals surface area contributed by atoms with Crippen molar-refractivity contribution in [3.05, 3.63) is 0 Å². The fourth-order valence-corrected chi connectivity index (χ4v) is 2.66. The highest BCUT2D eigenvalue weighted by molar-refractivity contribution is 7.87. The second-order valence-electron chi connectivity index (χ2n) is 4.38. The van der Waals surface area contributed by atoms with Crippen molar-refractivity contribution < 1.29 is 13.5 Å². The van der Waals surface area contributed by atoms with E-state index >= 15 is 0 Å². The molecule has 0 spiro atoms. The Bertz CT molecular complexity index is 288. The van der Waals surface area contributed by atoms with Crippen molar-refractivity contribution in [2.24, 2.45) is 5.92 Å². The monoisotopic (exact) mass is 250 g/mol. The average molecular weight is 250 g/mol. The molecule has 0 aromatic rings. The minimum Gasteiger partial charge on any atom is -0.396 e. The smallest absolute Gasteiger partial charge is 0.279 e. The van der Waals surface area contributed by atoms with Gasteiger partial charge in [-0.2, -0.15) is 12.7 Å². The maximum Gasteiger partial charge on any atom is 0.279 e. The molecule has 1 rings (SSSR count). The van der Waals surface area contributed by atoms with Gasteiger partial charge in [-0.05, 0) is 18.8 Å². The van der Waals surface area contributed by atoms with Crippen LogP contribution in [0.2, 0.25) is 0 Å². The summed E-state index contributed by atoms with van der Waals surface area (Å²) >= 11 is 0. The molecule has 0 aromatic carbocycles. The number of aliphatic hydroxyl groups is 1. The summed E-state index contributed by atoms with van der Waals surface area (Å²) in [6.45, 7) is 0.896. The van der Waals surface area contributed by atoms with Crippen molar-refractivity contribution in [1.82, 2.24) is 9.03 Å². The number of nitrogens with one attached hydrogen (secondary N) is 1. The first-order valence-electron chi connectivity index (χ1n) is 5.88. The van der Waals surface area contributed by atoms with Crippen LogP contribution in [-0.4, -0.2) is 44.6 Å². The second-order valence-corrected chi connectivity index (χ2v) is 6.25. The summed E-state index contributed by atoms with van der Waals surface area (Å²) < 4.78 is 27.2. The molecule has 0 amide bonds. The molecule has 1 aliphatic rings. The third-order valence-corrected chi connectivity index (χ3v) is 4.68. The van der Waals surface area contributed by atoms with Crippen molar-refractivity contribution in [2.75, 3.05) is 26.7 Å². The van der Waals surface area contributed by atoms with Crippen molar-refractivity contribution in [3.8, 4) is 0 Å². The zero-order valence-electron chi connectivity index (χ0n) is 9.85. The first kappa shape index (κ1) is 13.9. The molecule has 1 fully saturated rings. The summed E-state index contributed by atoms with van der Waals surface area (Å²) in [5, 5.41) is 8.63. The molecule has 96 valence electrons. The average Bonchev–Trinajstić information content (AvgIpc) is 2.18. The van der Waals surface area contributed by atoms with Crippen molar-refractivity contribution in [2.45, 2.75) is 32.1 Å². The molecule has 0 saturated heterocycles. The van der Waals surface area contributed by atoms with E-state index in [2.05, 4.69) is 4.72 Å². The van der Waals surface area contributed by atoms with Crippen LogP contribution in [-0.2, 0) is 10.2 Å². The normalized spacial score (nSPS) is 17.7. The number of nitrogens with zero attached hydrogens (tertiary/aromatic N) is 1. The van der Waals surface area contributed by atoms with Gasteiger partial charge < -0.3 is 5.11 Å². The maximum atomic E-state index is 11.7. The zero-order chi connectivity index (χ0) is 12.0. The third kappa shape index (κ3) is 4.37. The van der Waals surface area contributed by atoms with Gasteiger partial charge in [0.1, 0.15) is 0 Å². The number of hydrogen-bond acceptors (Lipinski definition) is 3. The molecule has 0 atom stereocenters. The highest BCUT2D eigenvalue weighted by Gasteiger charge is 2.20. The predicted molar refractivity (Wildman–Crippen MR) is 63.2 cm³/mol. The van der Waals surface area contributed by atoms with Gasteiger partial charge in [0.25, 0.3) is 10.2 Å². The molecular weight excluding hydrogens is 228 g/mol. The summed E-state index contributed by atoms with van der Waals surface area (Å²) in [7, 11) is -1.81. The Hall–Kier alpha value is -0.170. The van der Waals surface area contributed by atoms with Crippen molar-refractivity contribution in [1.29, 1.82) is 0 Å². The Morgan fingerprint density at radius 1 is 1.44 bits per heavy atom. The maximum absolute atomic E-state index is 11.7. The van der Waals surface area contributed by atoms with Crippen molar-refractivity contribution in [3.63, 3.8) is 0 Å². The first-order chi connectivity index (χ1) is 7.56. The molecule has 0 aromatic heterocycles. The van der Waals surface area contributed by atoms with Gasteiger partial charge in [-0.25, -0.2) is 4.72 Å². The summed E-state index contributed by atoms with van der Waals surface area (Å²) in [5.74, 6) is 0.713. The summed E-state index contributed by atoms with van der Waals surface area (Å²) in [6, 6.07) is 0. The predicted octanol–water partition coefficient (Wildman–Crippen LogP) is 0.325. The molecule has 0 radical (unpaired) electrons. The lowest BCUT2D eigenvalue weighted by Crippen LogP contribution is -2.40. The Morgan fingerprint density at radius 2 is 2.12 bits per heavy atom. The Kier molecular flexibility index (Phi) is 5.68. The summed E-state index contributed by atoms with van der Waals surface area (Å²) in [6.07, 6.45) is 5.17. The fourth-order valence-electron chi connectivity index (χ4n) is 1.70. The van der Waals surface area contributed by atoms with Gasteiger partial charge in [0.2, 0.25) is 0 Å². The lowest BCUT2D eigenvalue weighted by Gasteiger charge is -2.25. The largest absolute Gasteiger partial charge is 0.396 e. The van der Waals surface area contributed by atoms with Crippen LogP contribution in [0.3, 0.4) is 0 Å². The Labute approximate surface area is 98.0 Å². The first-order valence-corrected chi connectivity index (χ1v) is 7.32. The van der Waals surface area contributed by atoms with E-state index in [1.807, 2.05) is 0 Å². The van der Waals surface area contributed by atoms with Crippen LogP contribution in [0.25, 0.3) is 0 Å². The van der Waals surface area contributed by atoms with Crippen LogP contribution < -0.4 is 4.72 Å². The highest BCUT2D eigenvalue weighted by Crippen LogP contribution is 2.28. The number of aliphatic hydroxyl groups excluding tert-OH is 1. The molecule has 0 bridgehead atoms. The van der Waals surface area contributed by atoms with Crippen molar-refractivity contribution >= 4 is 10.2 Å². The molecule has 6 heteroatoms. The molecular formula is C10H22N2O3S. The SMILES string of the molecule is CN(CCCO)S(=O)(=O)NCCC1CCC1. The van der Waals surface area contributed by atoms with Gasteiger partial charge in [0.05, 0.1) is 0 Å². The standard InChI is InChI=1S/C10H22N2O3S/c1-12(8-3-9-13)16(14,15)11-7-6-10-4-2-5-10/h10-11,13H,2-9H2,1H3. The van der Waals surface area contributed by atoms with E-state index in [0.29, 0.717) is 25.4 Å². The van der Waals surface area contributed by atoms with E-state index < -0.39 is 10.2 Å². The van der Waals surface area contributed by atoms with Crippen LogP contribution >= 0.6 is 0 Å². The lowest BCUT2D eigenvalue weighted by atomic mass is 9.83. The molecule has 5 nitrogen and oxygen atoms in total. The summed E-state index contributed by atoms with van der Waals surface area (Å²) in [5.41, 5.74) is 0. The third-order valence-electron chi connectivity index (χ3n) is 3.10. The molecule has 2 N–H and O–H groups in total. The van der Waals surface area contributed by atoms with Gasteiger partial charge in [0, 0.05) is 26.7 Å². The lowest BCUT2D eigenvalue weighted by molar-refractivity contribution is 0.274. The quantitative estimate of drug-likeness (QED) is 0.652. The van der Waals surface area contributed by atoms with Gasteiger partial charge in [0.15, 0.2) is 0 Å². The molecule has 1 aliphatic carbocycles. The van der Waals surface area contributed by atoms with Gasteiger partial charge in [-0.3, -0.25) is 0 Å². The summed E-state index contributed by atoms with van der Waals surface area (Å²) in [4.78, 5) is 0. The minimum absolute atomic E-state index is 0.0158. The van der Waals surface area contributed by atoms with E-state index in [9.17, 15) is 8.42 Å². The number of rotatable bonds is 8. The van der Waals surface area contributed by atoms with Crippen LogP contribution in [0.4, 0.5) is 0 Å². The van der Waals surface area contributed by atoms with Gasteiger partial charge in [-0.15, -0.1) is 0 Å². The molecule has 0 heterocycles. The van der Waals surface area contributed by atoms with Crippen LogP contribution in [0.1, 0.15) is 32.1 Å². The minimum atomic E-state index is -3.34. The molecule has 0 unspecified atom stereocenters. The van der Waals surface area contributed by atoms with E-state index in [1.165, 1.54) is 30.6 Å². The van der Waals surface area contributed by atoms with E-state index in [-0.39, 0.29) is 6.61 Å². The van der Waals surface area contributed by atoms with Crippen LogP contribution in [0.5, 0.6) is 0 Å². The zero-order valence-corrected chi connectivity index (χ0v) is 10.7. The highest BCUT2D eigenvalue weighted by atomic mass is 32.2. The molecule has 16 heavy (non-hydrogen) atoms. The van der Waals surface area contributed by atoms with Gasteiger partial charge >= 0.3 is 0 Å². The van der Waals surface area contributed by atoms with Gasteiger partial charge in [-0.1, -0.05) is 19.3 Å². The molecule has 1 saturated carbocycles. The second kappa shape index (κ2) is 6.54. The molecule has 0 aliphatic heterocycles. The topological polar surface area (TPSA) is 69.6 Å². The van der Waals surface area contributed by atoms with E-state index in [0.717, 1.165) is 6.42 Å².